The minimum Gasteiger partial charge on any atom is -0.468 e. The minimum absolute atomic E-state index is 0.0411. The van der Waals surface area contributed by atoms with Crippen molar-refractivity contribution in [1.29, 1.82) is 0 Å². The molecule has 0 unspecified atom stereocenters. The lowest BCUT2D eigenvalue weighted by molar-refractivity contribution is 0.367. The summed E-state index contributed by atoms with van der Waals surface area (Å²) in [6, 6.07) is 2.09. The molecule has 1 nitrogen and oxygen atoms in total. The summed E-state index contributed by atoms with van der Waals surface area (Å²) in [6.45, 7) is 2.22. The summed E-state index contributed by atoms with van der Waals surface area (Å²) in [7, 11) is 0. The predicted octanol–water partition coefficient (Wildman–Crippen LogP) is 4.50. The van der Waals surface area contributed by atoms with Crippen LogP contribution in [0.4, 0.5) is 0 Å². The van der Waals surface area contributed by atoms with Crippen LogP contribution < -0.4 is 0 Å². The van der Waals surface area contributed by atoms with Gasteiger partial charge in [-0.25, -0.2) is 0 Å². The molecule has 0 aliphatic heterocycles. The second-order valence-electron chi connectivity index (χ2n) is 3.98. The van der Waals surface area contributed by atoms with E-state index in [4.69, 9.17) is 4.42 Å². The van der Waals surface area contributed by atoms with Crippen molar-refractivity contribution in [2.45, 2.75) is 31.6 Å². The molecule has 1 aliphatic carbocycles. The van der Waals surface area contributed by atoms with Gasteiger partial charge in [-0.3, -0.25) is 0 Å². The third-order valence-corrected chi connectivity index (χ3v) is 3.29. The molecular formula is C11H12Br2O. The van der Waals surface area contributed by atoms with Crippen molar-refractivity contribution in [3.8, 4) is 0 Å². The number of allylic oxidation sites excluding steroid dienone is 1. The second kappa shape index (κ2) is 3.86. The van der Waals surface area contributed by atoms with Gasteiger partial charge in [-0.1, -0.05) is 0 Å². The lowest BCUT2D eigenvalue weighted by atomic mass is 9.76. The van der Waals surface area contributed by atoms with Gasteiger partial charge >= 0.3 is 0 Å². The largest absolute Gasteiger partial charge is 0.468 e. The van der Waals surface area contributed by atoms with Gasteiger partial charge in [-0.2, -0.15) is 0 Å². The molecule has 0 fully saturated rings. The summed E-state index contributed by atoms with van der Waals surface area (Å²) in [5.41, 5.74) is 1.40. The van der Waals surface area contributed by atoms with Crippen molar-refractivity contribution in [2.24, 2.45) is 0 Å². The summed E-state index contributed by atoms with van der Waals surface area (Å²) in [5, 5.41) is 0. The van der Waals surface area contributed by atoms with E-state index in [1.807, 2.05) is 0 Å². The Hall–Kier alpha value is -0.0200. The quantitative estimate of drug-likeness (QED) is 0.742. The molecule has 0 bridgehead atoms. The number of rotatable bonds is 1. The Morgan fingerprint density at radius 3 is 3.07 bits per heavy atom. The van der Waals surface area contributed by atoms with Gasteiger partial charge in [0.2, 0.25) is 0 Å². The van der Waals surface area contributed by atoms with Crippen molar-refractivity contribution in [2.75, 3.05) is 0 Å². The number of fused-ring (bicyclic) bond motifs is 1. The monoisotopic (exact) mass is 318 g/mol. The molecule has 0 saturated carbocycles. The zero-order valence-electron chi connectivity index (χ0n) is 8.02. The van der Waals surface area contributed by atoms with Crippen LogP contribution in [0.2, 0.25) is 0 Å². The van der Waals surface area contributed by atoms with Crippen LogP contribution in [0.1, 0.15) is 31.1 Å². The van der Waals surface area contributed by atoms with E-state index in [0.29, 0.717) is 0 Å². The average molecular weight is 320 g/mol. The van der Waals surface area contributed by atoms with Gasteiger partial charge in [0, 0.05) is 5.41 Å². The minimum atomic E-state index is 0.0411. The average Bonchev–Trinajstić information content (AvgIpc) is 2.51. The maximum absolute atomic E-state index is 5.59. The molecule has 0 amide bonds. The highest BCUT2D eigenvalue weighted by molar-refractivity contribution is 9.28. The van der Waals surface area contributed by atoms with Crippen LogP contribution in [-0.2, 0) is 11.8 Å². The van der Waals surface area contributed by atoms with Gasteiger partial charge in [0.05, 0.1) is 9.65 Å². The summed E-state index contributed by atoms with van der Waals surface area (Å²) >= 11 is 6.84. The van der Waals surface area contributed by atoms with E-state index >= 15 is 0 Å². The lowest BCUT2D eigenvalue weighted by Gasteiger charge is -2.29. The standard InChI is InChI=1S/C11H12Br2O/c1-11(7-9(12)13)5-2-3-8-4-6-14-10(8)11/h4,6-7H,2-3,5H2,1H3/t11-/m1/s1. The van der Waals surface area contributed by atoms with E-state index in [2.05, 4.69) is 50.9 Å². The molecule has 1 aromatic rings. The molecule has 0 spiro atoms. The number of halogens is 2. The van der Waals surface area contributed by atoms with Crippen LogP contribution in [0, 0.1) is 0 Å². The highest BCUT2D eigenvalue weighted by Gasteiger charge is 2.33. The van der Waals surface area contributed by atoms with E-state index < -0.39 is 0 Å². The van der Waals surface area contributed by atoms with Gasteiger partial charge in [0.25, 0.3) is 0 Å². The van der Waals surface area contributed by atoms with E-state index in [-0.39, 0.29) is 5.41 Å². The number of hydrogen-bond acceptors (Lipinski definition) is 1. The molecule has 0 saturated heterocycles. The third-order valence-electron chi connectivity index (χ3n) is 2.84. The molecule has 3 heteroatoms. The number of aryl methyl sites for hydroxylation is 1. The number of furan rings is 1. The van der Waals surface area contributed by atoms with E-state index in [1.165, 1.54) is 12.0 Å². The number of hydrogen-bond donors (Lipinski definition) is 0. The molecule has 0 N–H and O–H groups in total. The predicted molar refractivity (Wildman–Crippen MR) is 64.9 cm³/mol. The highest BCUT2D eigenvalue weighted by atomic mass is 79.9. The third kappa shape index (κ3) is 1.84. The van der Waals surface area contributed by atoms with Crippen LogP contribution >= 0.6 is 31.9 Å². The lowest BCUT2D eigenvalue weighted by Crippen LogP contribution is -2.24. The van der Waals surface area contributed by atoms with Crippen LogP contribution in [-0.4, -0.2) is 0 Å². The van der Waals surface area contributed by atoms with Crippen molar-refractivity contribution in [1.82, 2.24) is 0 Å². The molecule has 0 aromatic carbocycles. The first-order valence-corrected chi connectivity index (χ1v) is 6.31. The molecular weight excluding hydrogens is 308 g/mol. The van der Waals surface area contributed by atoms with Crippen LogP contribution in [0.3, 0.4) is 0 Å². The molecule has 14 heavy (non-hydrogen) atoms. The molecule has 1 aromatic heterocycles. The van der Waals surface area contributed by atoms with Crippen molar-refractivity contribution < 1.29 is 4.42 Å². The smallest absolute Gasteiger partial charge is 0.116 e. The van der Waals surface area contributed by atoms with Gasteiger partial charge in [0.1, 0.15) is 5.76 Å². The summed E-state index contributed by atoms with van der Waals surface area (Å²) in [4.78, 5) is 0. The Bertz CT molecular complexity index is 363. The van der Waals surface area contributed by atoms with Crippen LogP contribution in [0.25, 0.3) is 0 Å². The van der Waals surface area contributed by atoms with Crippen LogP contribution in [0.5, 0.6) is 0 Å². The molecule has 2 rings (SSSR count). The van der Waals surface area contributed by atoms with E-state index in [1.54, 1.807) is 6.26 Å². The van der Waals surface area contributed by atoms with Crippen molar-refractivity contribution in [3.63, 3.8) is 0 Å². The summed E-state index contributed by atoms with van der Waals surface area (Å²) in [5.74, 6) is 1.13. The molecule has 76 valence electrons. The van der Waals surface area contributed by atoms with Gasteiger partial charge in [-0.15, -0.1) is 0 Å². The maximum atomic E-state index is 5.59. The first kappa shape index (κ1) is 10.5. The first-order valence-electron chi connectivity index (χ1n) is 4.72. The first-order chi connectivity index (χ1) is 6.62. The fourth-order valence-corrected chi connectivity index (χ4v) is 3.18. The fraction of sp³-hybridized carbons (Fsp3) is 0.455. The van der Waals surface area contributed by atoms with Gasteiger partial charge in [-0.05, 0) is 75.8 Å². The summed E-state index contributed by atoms with van der Waals surface area (Å²) < 4.78 is 6.58. The SMILES string of the molecule is C[C@]1(C=C(Br)Br)CCCc2ccoc21. The Labute approximate surface area is 101 Å². The molecule has 1 heterocycles. The zero-order valence-corrected chi connectivity index (χ0v) is 11.2. The Kier molecular flexibility index (Phi) is 2.89. The maximum Gasteiger partial charge on any atom is 0.116 e. The van der Waals surface area contributed by atoms with E-state index in [9.17, 15) is 0 Å². The Morgan fingerprint density at radius 2 is 2.36 bits per heavy atom. The molecule has 1 aliphatic rings. The fourth-order valence-electron chi connectivity index (χ4n) is 2.17. The molecule has 0 radical (unpaired) electrons. The normalized spacial score (nSPS) is 25.6. The van der Waals surface area contributed by atoms with Crippen molar-refractivity contribution in [3.05, 3.63) is 33.1 Å². The topological polar surface area (TPSA) is 13.1 Å². The second-order valence-corrected chi connectivity index (χ2v) is 6.75. The zero-order chi connectivity index (χ0) is 10.2. The van der Waals surface area contributed by atoms with Crippen molar-refractivity contribution >= 4 is 31.9 Å². The van der Waals surface area contributed by atoms with E-state index in [0.717, 1.165) is 22.0 Å². The Balaban J connectivity index is 2.45. The Morgan fingerprint density at radius 1 is 1.57 bits per heavy atom. The van der Waals surface area contributed by atoms with Crippen LogP contribution in [0.15, 0.2) is 26.2 Å². The summed E-state index contributed by atoms with van der Waals surface area (Å²) in [6.07, 6.45) is 7.49. The van der Waals surface area contributed by atoms with Gasteiger partial charge in [0.15, 0.2) is 0 Å². The van der Waals surface area contributed by atoms with Gasteiger partial charge < -0.3 is 4.42 Å². The molecule has 1 atom stereocenters. The highest BCUT2D eigenvalue weighted by Crippen LogP contribution is 2.40.